The summed E-state index contributed by atoms with van der Waals surface area (Å²) in [6.45, 7) is 4.57. The Balaban J connectivity index is 2.32. The second-order valence-corrected chi connectivity index (χ2v) is 6.31. The maximum Gasteiger partial charge on any atom is 0.352 e. The number of carboxylic acids is 1. The number of amides is 1. The molecule has 6 N–H and O–H groups in total. The van der Waals surface area contributed by atoms with Crippen LogP contribution in [0.3, 0.4) is 0 Å². The molecule has 22 heavy (non-hydrogen) atoms. The lowest BCUT2D eigenvalue weighted by Gasteiger charge is -2.07. The summed E-state index contributed by atoms with van der Waals surface area (Å²) in [5.74, 6) is -1.31. The van der Waals surface area contributed by atoms with Crippen LogP contribution < -0.4 is 16.8 Å². The molecule has 0 aromatic carbocycles. The highest BCUT2D eigenvalue weighted by molar-refractivity contribution is 5.94. The van der Waals surface area contributed by atoms with E-state index in [1.54, 1.807) is 6.08 Å². The molecule has 0 aliphatic heterocycles. The van der Waals surface area contributed by atoms with Crippen LogP contribution in [0.4, 0.5) is 0 Å². The van der Waals surface area contributed by atoms with E-state index >= 15 is 0 Å². The van der Waals surface area contributed by atoms with E-state index in [2.05, 4.69) is 10.3 Å². The Labute approximate surface area is 130 Å². The highest BCUT2D eigenvalue weighted by Gasteiger charge is 2.50. The fraction of sp³-hybridized carbons (Fsp3) is 0.667. The third-order valence-electron chi connectivity index (χ3n) is 3.82. The normalized spacial score (nSPS) is 19.4. The molecule has 7 nitrogen and oxygen atoms in total. The molecule has 1 aliphatic rings. The van der Waals surface area contributed by atoms with Gasteiger partial charge in [0.2, 0.25) is 5.91 Å². The summed E-state index contributed by atoms with van der Waals surface area (Å²) in [7, 11) is 0. The summed E-state index contributed by atoms with van der Waals surface area (Å²) in [5.41, 5.74) is 10.4. The monoisotopic (exact) mass is 310 g/mol. The lowest BCUT2D eigenvalue weighted by molar-refractivity contribution is -0.135. The van der Waals surface area contributed by atoms with Gasteiger partial charge in [-0.2, -0.15) is 0 Å². The van der Waals surface area contributed by atoms with Crippen molar-refractivity contribution in [3.8, 4) is 0 Å². The summed E-state index contributed by atoms with van der Waals surface area (Å²) in [6, 6.07) is 0. The van der Waals surface area contributed by atoms with Gasteiger partial charge < -0.3 is 21.9 Å². The van der Waals surface area contributed by atoms with Gasteiger partial charge >= 0.3 is 5.97 Å². The molecule has 0 aromatic rings. The highest BCUT2D eigenvalue weighted by Crippen LogP contribution is 2.51. The van der Waals surface area contributed by atoms with Crippen LogP contribution in [0.1, 0.15) is 46.0 Å². The number of nitrogens with one attached hydrogen (secondary N) is 1. The van der Waals surface area contributed by atoms with Gasteiger partial charge in [-0.1, -0.05) is 26.3 Å². The molecule has 1 rings (SSSR count). The van der Waals surface area contributed by atoms with E-state index in [9.17, 15) is 9.59 Å². The molecule has 1 aliphatic carbocycles. The molecule has 0 radical (unpaired) electrons. The number of guanidine groups is 1. The van der Waals surface area contributed by atoms with Gasteiger partial charge in [0.05, 0.1) is 0 Å². The molecule has 1 atom stereocenters. The number of hydrogen-bond donors (Lipinski definition) is 4. The summed E-state index contributed by atoms with van der Waals surface area (Å²) in [4.78, 5) is 26.9. The van der Waals surface area contributed by atoms with Crippen LogP contribution in [0.5, 0.6) is 0 Å². The quantitative estimate of drug-likeness (QED) is 0.218. The number of carbonyl (C=O) groups is 2. The zero-order chi connectivity index (χ0) is 16.8. The van der Waals surface area contributed by atoms with E-state index in [-0.39, 0.29) is 28.9 Å². The van der Waals surface area contributed by atoms with Gasteiger partial charge in [0.15, 0.2) is 5.96 Å². The van der Waals surface area contributed by atoms with E-state index in [0.717, 1.165) is 25.7 Å². The first-order chi connectivity index (χ1) is 10.2. The lowest BCUT2D eigenvalue weighted by atomic mass is 10.1. The molecule has 1 fully saturated rings. The largest absolute Gasteiger partial charge is 0.477 e. The second-order valence-electron chi connectivity index (χ2n) is 6.31. The lowest BCUT2D eigenvalue weighted by Crippen LogP contribution is -2.29. The minimum Gasteiger partial charge on any atom is -0.477 e. The average Bonchev–Trinajstić information content (AvgIpc) is 3.04. The van der Waals surface area contributed by atoms with Gasteiger partial charge in [-0.15, -0.1) is 0 Å². The van der Waals surface area contributed by atoms with Gasteiger partial charge in [-0.3, -0.25) is 9.79 Å². The van der Waals surface area contributed by atoms with Gasteiger partial charge in [-0.25, -0.2) is 4.79 Å². The molecule has 124 valence electrons. The van der Waals surface area contributed by atoms with Crippen LogP contribution in [0.2, 0.25) is 0 Å². The summed E-state index contributed by atoms with van der Waals surface area (Å²) in [5, 5.41) is 11.6. The predicted molar refractivity (Wildman–Crippen MR) is 84.9 cm³/mol. The number of hydrogen-bond acceptors (Lipinski definition) is 3. The standard InChI is InChI=1S/C15H26N4O3/c1-15(2)9-10(15)12(20)19-11(13(21)22)7-5-3-4-6-8-18-14(16)17/h7,10H,3-6,8-9H2,1-2H3,(H,19,20)(H,21,22)(H4,16,17,18). The number of aliphatic carboxylic acids is 1. The maximum absolute atomic E-state index is 11.9. The van der Waals surface area contributed by atoms with Gasteiger partial charge in [0, 0.05) is 12.5 Å². The number of carbonyl (C=O) groups excluding carboxylic acids is 1. The molecule has 0 bridgehead atoms. The van der Waals surface area contributed by atoms with E-state index in [0.29, 0.717) is 13.0 Å². The van der Waals surface area contributed by atoms with Crippen LogP contribution in [-0.4, -0.2) is 29.5 Å². The first-order valence-electron chi connectivity index (χ1n) is 7.54. The van der Waals surface area contributed by atoms with Crippen molar-refractivity contribution < 1.29 is 14.7 Å². The number of rotatable bonds is 9. The smallest absolute Gasteiger partial charge is 0.352 e. The van der Waals surface area contributed by atoms with Crippen molar-refractivity contribution in [2.24, 2.45) is 27.8 Å². The van der Waals surface area contributed by atoms with E-state index in [1.807, 2.05) is 13.8 Å². The Hall–Kier alpha value is -2.05. The van der Waals surface area contributed by atoms with Crippen LogP contribution in [0.25, 0.3) is 0 Å². The molecule has 1 amide bonds. The number of nitrogens with zero attached hydrogens (tertiary/aromatic N) is 1. The van der Waals surface area contributed by atoms with Crippen molar-refractivity contribution in [1.29, 1.82) is 0 Å². The number of allylic oxidation sites excluding steroid dienone is 1. The third-order valence-corrected chi connectivity index (χ3v) is 3.82. The minimum atomic E-state index is -1.10. The molecule has 0 spiro atoms. The molecular weight excluding hydrogens is 284 g/mol. The Kier molecular flexibility index (Phi) is 6.39. The van der Waals surface area contributed by atoms with E-state index in [4.69, 9.17) is 16.6 Å². The zero-order valence-electron chi connectivity index (χ0n) is 13.3. The Morgan fingerprint density at radius 2 is 1.95 bits per heavy atom. The predicted octanol–water partition coefficient (Wildman–Crippen LogP) is 0.951. The summed E-state index contributed by atoms with van der Waals surface area (Å²) < 4.78 is 0. The fourth-order valence-electron chi connectivity index (χ4n) is 2.21. The average molecular weight is 310 g/mol. The maximum atomic E-state index is 11.9. The Morgan fingerprint density at radius 3 is 2.45 bits per heavy atom. The first-order valence-corrected chi connectivity index (χ1v) is 7.54. The van der Waals surface area contributed by atoms with Crippen molar-refractivity contribution in [3.63, 3.8) is 0 Å². The summed E-state index contributed by atoms with van der Waals surface area (Å²) in [6.07, 6.45) is 5.52. The van der Waals surface area contributed by atoms with Crippen LogP contribution in [-0.2, 0) is 9.59 Å². The van der Waals surface area contributed by atoms with Crippen LogP contribution in [0, 0.1) is 11.3 Å². The van der Waals surface area contributed by atoms with Crippen molar-refractivity contribution in [1.82, 2.24) is 5.32 Å². The first kappa shape index (κ1) is 18.0. The number of aliphatic imine (C=N–C) groups is 1. The Bertz CT molecular complexity index is 479. The van der Waals surface area contributed by atoms with Crippen LogP contribution >= 0.6 is 0 Å². The summed E-state index contributed by atoms with van der Waals surface area (Å²) >= 11 is 0. The zero-order valence-corrected chi connectivity index (χ0v) is 13.3. The molecule has 0 heterocycles. The van der Waals surface area contributed by atoms with E-state index < -0.39 is 5.97 Å². The molecule has 7 heteroatoms. The van der Waals surface area contributed by atoms with Gasteiger partial charge in [0.25, 0.3) is 0 Å². The number of unbranched alkanes of at least 4 members (excludes halogenated alkanes) is 3. The van der Waals surface area contributed by atoms with Crippen molar-refractivity contribution in [3.05, 3.63) is 11.8 Å². The fourth-order valence-corrected chi connectivity index (χ4v) is 2.21. The van der Waals surface area contributed by atoms with Crippen LogP contribution in [0.15, 0.2) is 16.8 Å². The van der Waals surface area contributed by atoms with Crippen molar-refractivity contribution in [2.45, 2.75) is 46.0 Å². The third kappa shape index (κ3) is 6.15. The Morgan fingerprint density at radius 1 is 1.32 bits per heavy atom. The molecule has 0 saturated heterocycles. The number of carboxylic acid groups (broad SMARTS) is 1. The minimum absolute atomic E-state index is 0.0148. The van der Waals surface area contributed by atoms with Gasteiger partial charge in [0.1, 0.15) is 5.70 Å². The molecule has 0 aromatic heterocycles. The van der Waals surface area contributed by atoms with Gasteiger partial charge in [-0.05, 0) is 31.1 Å². The molecular formula is C15H26N4O3. The SMILES string of the molecule is CC1(C)CC1C(=O)NC(=CCCCCCN=C(N)N)C(=O)O. The highest BCUT2D eigenvalue weighted by atomic mass is 16.4. The van der Waals surface area contributed by atoms with Crippen molar-refractivity contribution in [2.75, 3.05) is 6.54 Å². The van der Waals surface area contributed by atoms with Crippen molar-refractivity contribution >= 4 is 17.8 Å². The number of nitrogens with two attached hydrogens (primary N) is 2. The second kappa shape index (κ2) is 7.82. The van der Waals surface area contributed by atoms with E-state index in [1.165, 1.54) is 0 Å². The molecule has 1 unspecified atom stereocenters. The topological polar surface area (TPSA) is 131 Å². The molecule has 1 saturated carbocycles.